The lowest BCUT2D eigenvalue weighted by molar-refractivity contribution is -0.116. The number of fused-ring (bicyclic) bond motifs is 1. The Morgan fingerprint density at radius 3 is 2.74 bits per heavy atom. The molecule has 6 heteroatoms. The number of hydrogen-bond donors (Lipinski definition) is 1. The van der Waals surface area contributed by atoms with Crippen LogP contribution >= 0.6 is 0 Å². The standard InChI is InChI=1S/C17H16N4O2/c1-11-6-5-9-18-16(11)20-15(22)10-21-14-8-4-3-7-13(14)19-12(2)17(21)23/h3-9H,10H2,1-2H3,(H,18,20,22). The van der Waals surface area contributed by atoms with Crippen molar-refractivity contribution in [3.8, 4) is 0 Å². The maximum Gasteiger partial charge on any atom is 0.272 e. The number of hydrogen-bond acceptors (Lipinski definition) is 4. The molecule has 1 aromatic carbocycles. The lowest BCUT2D eigenvalue weighted by Crippen LogP contribution is -2.30. The van der Waals surface area contributed by atoms with Crippen molar-refractivity contribution in [3.63, 3.8) is 0 Å². The van der Waals surface area contributed by atoms with Crippen LogP contribution in [0.3, 0.4) is 0 Å². The topological polar surface area (TPSA) is 76.9 Å². The van der Waals surface area contributed by atoms with Gasteiger partial charge in [0.2, 0.25) is 5.91 Å². The van der Waals surface area contributed by atoms with Gasteiger partial charge in [-0.05, 0) is 37.6 Å². The Kier molecular flexibility index (Phi) is 3.89. The summed E-state index contributed by atoms with van der Waals surface area (Å²) >= 11 is 0. The number of carbonyl (C=O) groups excluding carboxylic acids is 1. The first-order chi connectivity index (χ1) is 11.1. The molecular weight excluding hydrogens is 292 g/mol. The van der Waals surface area contributed by atoms with Crippen molar-refractivity contribution in [1.29, 1.82) is 0 Å². The Morgan fingerprint density at radius 2 is 1.96 bits per heavy atom. The second-order valence-corrected chi connectivity index (χ2v) is 5.29. The van der Waals surface area contributed by atoms with Crippen LogP contribution in [-0.4, -0.2) is 20.4 Å². The maximum atomic E-state index is 12.3. The van der Waals surface area contributed by atoms with Gasteiger partial charge in [-0.2, -0.15) is 0 Å². The van der Waals surface area contributed by atoms with Crippen molar-refractivity contribution >= 4 is 22.8 Å². The molecule has 2 aromatic heterocycles. The number of pyridine rings is 1. The average molecular weight is 308 g/mol. The van der Waals surface area contributed by atoms with Crippen LogP contribution in [0.4, 0.5) is 5.82 Å². The molecule has 1 amide bonds. The summed E-state index contributed by atoms with van der Waals surface area (Å²) in [6, 6.07) is 10.9. The number of benzene rings is 1. The third-order valence-electron chi connectivity index (χ3n) is 3.58. The van der Waals surface area contributed by atoms with Gasteiger partial charge in [-0.25, -0.2) is 9.97 Å². The molecule has 1 N–H and O–H groups in total. The number of aromatic nitrogens is 3. The van der Waals surface area contributed by atoms with Gasteiger partial charge in [-0.15, -0.1) is 0 Å². The highest BCUT2D eigenvalue weighted by Crippen LogP contribution is 2.11. The van der Waals surface area contributed by atoms with E-state index in [9.17, 15) is 9.59 Å². The predicted octanol–water partition coefficient (Wildman–Crippen LogP) is 2.05. The van der Waals surface area contributed by atoms with Crippen molar-refractivity contribution in [2.75, 3.05) is 5.32 Å². The molecule has 3 rings (SSSR count). The van der Waals surface area contributed by atoms with Crippen molar-refractivity contribution in [2.45, 2.75) is 20.4 Å². The summed E-state index contributed by atoms with van der Waals surface area (Å²) in [5.74, 6) is 0.199. The second-order valence-electron chi connectivity index (χ2n) is 5.29. The highest BCUT2D eigenvalue weighted by atomic mass is 16.2. The summed E-state index contributed by atoms with van der Waals surface area (Å²) < 4.78 is 1.44. The van der Waals surface area contributed by atoms with E-state index in [1.54, 1.807) is 25.3 Å². The van der Waals surface area contributed by atoms with Gasteiger partial charge in [-0.1, -0.05) is 18.2 Å². The molecule has 0 atom stereocenters. The van der Waals surface area contributed by atoms with E-state index >= 15 is 0 Å². The number of anilines is 1. The first-order valence-electron chi connectivity index (χ1n) is 7.24. The SMILES string of the molecule is Cc1cccnc1NC(=O)Cn1c(=O)c(C)nc2ccccc21. The Morgan fingerprint density at radius 1 is 1.17 bits per heavy atom. The van der Waals surface area contributed by atoms with Crippen LogP contribution < -0.4 is 10.9 Å². The molecule has 116 valence electrons. The number of amides is 1. The first-order valence-corrected chi connectivity index (χ1v) is 7.24. The van der Waals surface area contributed by atoms with Crippen LogP contribution in [0.2, 0.25) is 0 Å². The predicted molar refractivity (Wildman–Crippen MR) is 88.3 cm³/mol. The molecule has 0 radical (unpaired) electrons. The van der Waals surface area contributed by atoms with E-state index in [0.717, 1.165) is 5.56 Å². The Balaban J connectivity index is 1.95. The van der Waals surface area contributed by atoms with Gasteiger partial charge >= 0.3 is 0 Å². The molecule has 0 saturated carbocycles. The number of nitrogens with one attached hydrogen (secondary N) is 1. The molecule has 0 fully saturated rings. The van der Waals surface area contributed by atoms with Gasteiger partial charge in [0, 0.05) is 6.20 Å². The van der Waals surface area contributed by atoms with E-state index in [-0.39, 0.29) is 18.0 Å². The number of aryl methyl sites for hydroxylation is 2. The largest absolute Gasteiger partial charge is 0.309 e. The average Bonchev–Trinajstić information content (AvgIpc) is 2.54. The number of carbonyl (C=O) groups is 1. The molecule has 0 aliphatic rings. The number of rotatable bonds is 3. The Labute approximate surface area is 132 Å². The smallest absolute Gasteiger partial charge is 0.272 e. The second kappa shape index (κ2) is 6.00. The molecule has 0 aliphatic carbocycles. The van der Waals surface area contributed by atoms with E-state index < -0.39 is 0 Å². The van der Waals surface area contributed by atoms with Crippen LogP contribution in [0.1, 0.15) is 11.3 Å². The third kappa shape index (κ3) is 2.96. The lowest BCUT2D eigenvalue weighted by Gasteiger charge is -2.11. The molecule has 23 heavy (non-hydrogen) atoms. The van der Waals surface area contributed by atoms with Gasteiger partial charge in [-0.3, -0.25) is 14.2 Å². The summed E-state index contributed by atoms with van der Waals surface area (Å²) in [5, 5.41) is 2.74. The van der Waals surface area contributed by atoms with Crippen LogP contribution in [0.15, 0.2) is 47.4 Å². The number of nitrogens with zero attached hydrogens (tertiary/aromatic N) is 3. The molecule has 0 bridgehead atoms. The zero-order valence-electron chi connectivity index (χ0n) is 12.9. The van der Waals surface area contributed by atoms with Crippen molar-refractivity contribution in [2.24, 2.45) is 0 Å². The number of para-hydroxylation sites is 2. The quantitative estimate of drug-likeness (QED) is 0.803. The van der Waals surface area contributed by atoms with Crippen molar-refractivity contribution < 1.29 is 4.79 Å². The summed E-state index contributed by atoms with van der Waals surface area (Å²) in [4.78, 5) is 33.0. The molecule has 3 aromatic rings. The molecule has 2 heterocycles. The highest BCUT2D eigenvalue weighted by molar-refractivity contribution is 5.91. The van der Waals surface area contributed by atoms with Crippen molar-refractivity contribution in [3.05, 3.63) is 64.2 Å². The zero-order valence-corrected chi connectivity index (χ0v) is 12.9. The molecule has 6 nitrogen and oxygen atoms in total. The van der Waals surface area contributed by atoms with Crippen LogP contribution in [0.25, 0.3) is 11.0 Å². The fourth-order valence-corrected chi connectivity index (χ4v) is 2.41. The molecule has 0 aliphatic heterocycles. The Hall–Kier alpha value is -3.02. The van der Waals surface area contributed by atoms with Gasteiger partial charge in [0.15, 0.2) is 0 Å². The molecular formula is C17H16N4O2. The van der Waals surface area contributed by atoms with Crippen LogP contribution in [-0.2, 0) is 11.3 Å². The minimum absolute atomic E-state index is 0.0846. The summed E-state index contributed by atoms with van der Waals surface area (Å²) in [7, 11) is 0. The van der Waals surface area contributed by atoms with Crippen molar-refractivity contribution in [1.82, 2.24) is 14.5 Å². The van der Waals surface area contributed by atoms with Gasteiger partial charge in [0.05, 0.1) is 11.0 Å². The highest BCUT2D eigenvalue weighted by Gasteiger charge is 2.12. The molecule has 0 spiro atoms. The fourth-order valence-electron chi connectivity index (χ4n) is 2.41. The lowest BCUT2D eigenvalue weighted by atomic mass is 10.2. The zero-order chi connectivity index (χ0) is 16.4. The van der Waals surface area contributed by atoms with E-state index in [1.165, 1.54) is 4.57 Å². The third-order valence-corrected chi connectivity index (χ3v) is 3.58. The minimum atomic E-state index is -0.301. The normalized spacial score (nSPS) is 10.7. The molecule has 0 saturated heterocycles. The van der Waals surface area contributed by atoms with E-state index in [0.29, 0.717) is 22.5 Å². The summed E-state index contributed by atoms with van der Waals surface area (Å²) in [5.41, 5.74) is 2.29. The van der Waals surface area contributed by atoms with Gasteiger partial charge in [0.25, 0.3) is 5.56 Å². The molecule has 0 unspecified atom stereocenters. The monoisotopic (exact) mass is 308 g/mol. The van der Waals surface area contributed by atoms with Crippen LogP contribution in [0.5, 0.6) is 0 Å². The van der Waals surface area contributed by atoms with Gasteiger partial charge in [0.1, 0.15) is 18.1 Å². The first kappa shape index (κ1) is 14.9. The van der Waals surface area contributed by atoms with E-state index in [1.807, 2.05) is 31.2 Å². The minimum Gasteiger partial charge on any atom is -0.309 e. The van der Waals surface area contributed by atoms with E-state index in [2.05, 4.69) is 15.3 Å². The fraction of sp³-hybridized carbons (Fsp3) is 0.176. The maximum absolute atomic E-state index is 12.3. The van der Waals surface area contributed by atoms with Crippen LogP contribution in [0, 0.1) is 13.8 Å². The van der Waals surface area contributed by atoms with Gasteiger partial charge < -0.3 is 5.32 Å². The summed E-state index contributed by atoms with van der Waals surface area (Å²) in [6.07, 6.45) is 1.61. The van der Waals surface area contributed by atoms with E-state index in [4.69, 9.17) is 0 Å². The summed E-state index contributed by atoms with van der Waals surface area (Å²) in [6.45, 7) is 3.42. The Bertz CT molecular complexity index is 947.